The van der Waals surface area contributed by atoms with Crippen molar-refractivity contribution in [2.45, 2.75) is 4.90 Å². The molecular formula is C9H7NO2S. The summed E-state index contributed by atoms with van der Waals surface area (Å²) in [5.74, 6) is -0.951. The maximum Gasteiger partial charge on any atom is 0.336 e. The molecule has 0 aliphatic carbocycles. The average molecular weight is 193 g/mol. The predicted octanol–water partition coefficient (Wildman–Crippen LogP) is 2.15. The van der Waals surface area contributed by atoms with Gasteiger partial charge in [0.15, 0.2) is 0 Å². The van der Waals surface area contributed by atoms with Crippen molar-refractivity contribution >= 4 is 29.5 Å². The Kier molecular flexibility index (Phi) is 1.77. The number of hydrogen-bond acceptors (Lipinski definition) is 2. The maximum absolute atomic E-state index is 10.7. The summed E-state index contributed by atoms with van der Waals surface area (Å²) in [5.41, 5.74) is 1.13. The summed E-state index contributed by atoms with van der Waals surface area (Å²) in [7, 11) is 0. The van der Waals surface area contributed by atoms with Crippen LogP contribution in [0.1, 0.15) is 10.4 Å². The lowest BCUT2D eigenvalue weighted by Crippen LogP contribution is -1.97. The number of aromatic carboxylic acids is 1. The van der Waals surface area contributed by atoms with Gasteiger partial charge in [-0.1, -0.05) is 0 Å². The number of carboxylic acids is 1. The molecule has 4 heteroatoms. The largest absolute Gasteiger partial charge is 0.478 e. The number of fused-ring (bicyclic) bond motifs is 1. The number of rotatable bonds is 1. The van der Waals surface area contributed by atoms with Crippen molar-refractivity contribution in [3.63, 3.8) is 0 Å². The molecule has 0 bridgehead atoms. The van der Waals surface area contributed by atoms with E-state index in [9.17, 15) is 4.79 Å². The number of benzene rings is 1. The lowest BCUT2D eigenvalue weighted by atomic mass is 10.1. The van der Waals surface area contributed by atoms with E-state index in [1.54, 1.807) is 18.3 Å². The molecule has 0 saturated heterocycles. The van der Waals surface area contributed by atoms with Crippen molar-refractivity contribution in [3.05, 3.63) is 30.0 Å². The molecule has 1 aromatic carbocycles. The lowest BCUT2D eigenvalue weighted by molar-refractivity contribution is 0.0693. The highest BCUT2D eigenvalue weighted by atomic mass is 32.1. The Morgan fingerprint density at radius 3 is 2.85 bits per heavy atom. The van der Waals surface area contributed by atoms with Gasteiger partial charge >= 0.3 is 5.97 Å². The number of aromatic nitrogens is 1. The standard InChI is InChI=1S/C9H7NO2S/c11-9(12)6-1-2-7-5(8(6)13)3-4-10-7/h1-4,10,13H,(H,11,12). The van der Waals surface area contributed by atoms with Crippen LogP contribution in [-0.2, 0) is 0 Å². The molecule has 0 saturated carbocycles. The van der Waals surface area contributed by atoms with Gasteiger partial charge in [0.25, 0.3) is 0 Å². The van der Waals surface area contributed by atoms with Gasteiger partial charge in [-0.25, -0.2) is 4.79 Å². The fraction of sp³-hybridized carbons (Fsp3) is 0. The van der Waals surface area contributed by atoms with Crippen molar-refractivity contribution in [2.75, 3.05) is 0 Å². The van der Waals surface area contributed by atoms with E-state index in [1.807, 2.05) is 6.07 Å². The maximum atomic E-state index is 10.7. The normalized spacial score (nSPS) is 10.5. The van der Waals surface area contributed by atoms with Crippen LogP contribution in [0.3, 0.4) is 0 Å². The summed E-state index contributed by atoms with van der Waals surface area (Å²) < 4.78 is 0. The molecule has 1 aromatic heterocycles. The summed E-state index contributed by atoms with van der Waals surface area (Å²) >= 11 is 4.17. The molecule has 2 N–H and O–H groups in total. The van der Waals surface area contributed by atoms with Crippen molar-refractivity contribution in [1.29, 1.82) is 0 Å². The van der Waals surface area contributed by atoms with E-state index in [0.717, 1.165) is 10.9 Å². The number of carboxylic acid groups (broad SMARTS) is 1. The molecule has 0 unspecified atom stereocenters. The minimum Gasteiger partial charge on any atom is -0.478 e. The van der Waals surface area contributed by atoms with E-state index < -0.39 is 5.97 Å². The van der Waals surface area contributed by atoms with Crippen LogP contribution in [-0.4, -0.2) is 16.1 Å². The zero-order valence-corrected chi connectivity index (χ0v) is 7.51. The zero-order valence-electron chi connectivity index (χ0n) is 6.61. The van der Waals surface area contributed by atoms with Gasteiger partial charge in [0.05, 0.1) is 5.56 Å². The third kappa shape index (κ3) is 1.19. The molecular weight excluding hydrogens is 186 g/mol. The van der Waals surface area contributed by atoms with Gasteiger partial charge in [-0.05, 0) is 18.2 Å². The molecule has 0 atom stereocenters. The van der Waals surface area contributed by atoms with E-state index in [-0.39, 0.29) is 5.56 Å². The van der Waals surface area contributed by atoms with Gasteiger partial charge in [0.1, 0.15) is 0 Å². The SMILES string of the molecule is O=C(O)c1ccc2[nH]ccc2c1S. The fourth-order valence-electron chi connectivity index (χ4n) is 1.29. The van der Waals surface area contributed by atoms with E-state index in [0.29, 0.717) is 4.90 Å². The molecule has 0 aliphatic rings. The Hall–Kier alpha value is -1.42. The van der Waals surface area contributed by atoms with Crippen molar-refractivity contribution in [1.82, 2.24) is 4.98 Å². The molecule has 0 aliphatic heterocycles. The number of H-pyrrole nitrogens is 1. The Bertz CT molecular complexity index is 475. The molecule has 66 valence electrons. The Morgan fingerprint density at radius 1 is 1.38 bits per heavy atom. The molecule has 1 heterocycles. The first-order chi connectivity index (χ1) is 6.20. The topological polar surface area (TPSA) is 53.1 Å². The second-order valence-corrected chi connectivity index (χ2v) is 3.15. The van der Waals surface area contributed by atoms with Gasteiger partial charge in [0.2, 0.25) is 0 Å². The number of nitrogens with one attached hydrogen (secondary N) is 1. The van der Waals surface area contributed by atoms with Crippen molar-refractivity contribution in [2.24, 2.45) is 0 Å². The number of hydrogen-bond donors (Lipinski definition) is 3. The molecule has 0 amide bonds. The third-order valence-corrected chi connectivity index (χ3v) is 2.42. The van der Waals surface area contributed by atoms with E-state index in [1.165, 1.54) is 0 Å². The summed E-state index contributed by atoms with van der Waals surface area (Å²) in [6, 6.07) is 5.09. The van der Waals surface area contributed by atoms with E-state index in [4.69, 9.17) is 5.11 Å². The van der Waals surface area contributed by atoms with Crippen LogP contribution < -0.4 is 0 Å². The minimum absolute atomic E-state index is 0.232. The first-order valence-corrected chi connectivity index (χ1v) is 4.17. The summed E-state index contributed by atoms with van der Waals surface area (Å²) in [6.45, 7) is 0. The monoisotopic (exact) mass is 193 g/mol. The van der Waals surface area contributed by atoms with Crippen LogP contribution in [0.15, 0.2) is 29.3 Å². The van der Waals surface area contributed by atoms with Crippen LogP contribution in [0, 0.1) is 0 Å². The number of aromatic amines is 1. The van der Waals surface area contributed by atoms with Crippen LogP contribution in [0.5, 0.6) is 0 Å². The minimum atomic E-state index is -0.951. The highest BCUT2D eigenvalue weighted by molar-refractivity contribution is 7.80. The highest BCUT2D eigenvalue weighted by Gasteiger charge is 2.10. The predicted molar refractivity (Wildman–Crippen MR) is 52.5 cm³/mol. The van der Waals surface area contributed by atoms with E-state index >= 15 is 0 Å². The highest BCUT2D eigenvalue weighted by Crippen LogP contribution is 2.24. The summed E-state index contributed by atoms with van der Waals surface area (Å²) in [5, 5.41) is 9.64. The van der Waals surface area contributed by atoms with Crippen LogP contribution in [0.4, 0.5) is 0 Å². The Labute approximate surface area is 79.8 Å². The lowest BCUT2D eigenvalue weighted by Gasteiger charge is -2.00. The van der Waals surface area contributed by atoms with Gasteiger partial charge < -0.3 is 10.1 Å². The average Bonchev–Trinajstić information content (AvgIpc) is 2.52. The summed E-state index contributed by atoms with van der Waals surface area (Å²) in [6.07, 6.45) is 1.76. The number of carbonyl (C=O) groups is 1. The number of thiol groups is 1. The molecule has 2 aromatic rings. The first kappa shape index (κ1) is 8.19. The van der Waals surface area contributed by atoms with Gasteiger partial charge in [-0.2, -0.15) is 0 Å². The fourth-order valence-corrected chi connectivity index (χ4v) is 1.66. The molecule has 2 rings (SSSR count). The van der Waals surface area contributed by atoms with Crippen LogP contribution in [0.2, 0.25) is 0 Å². The molecule has 3 nitrogen and oxygen atoms in total. The van der Waals surface area contributed by atoms with Gasteiger partial charge in [-0.15, -0.1) is 12.6 Å². The Balaban J connectivity index is 2.80. The van der Waals surface area contributed by atoms with Crippen LogP contribution in [0.25, 0.3) is 10.9 Å². The second kappa shape index (κ2) is 2.81. The van der Waals surface area contributed by atoms with Gasteiger partial charge in [-0.3, -0.25) is 0 Å². The Morgan fingerprint density at radius 2 is 2.15 bits per heavy atom. The first-order valence-electron chi connectivity index (χ1n) is 3.72. The third-order valence-electron chi connectivity index (χ3n) is 1.94. The molecule has 0 radical (unpaired) electrons. The van der Waals surface area contributed by atoms with Gasteiger partial charge in [0, 0.05) is 22.0 Å². The van der Waals surface area contributed by atoms with Crippen molar-refractivity contribution < 1.29 is 9.90 Å². The second-order valence-electron chi connectivity index (χ2n) is 2.71. The summed E-state index contributed by atoms with van der Waals surface area (Å²) in [4.78, 5) is 14.2. The smallest absolute Gasteiger partial charge is 0.336 e. The molecule has 0 spiro atoms. The molecule has 0 fully saturated rings. The van der Waals surface area contributed by atoms with Crippen LogP contribution >= 0.6 is 12.6 Å². The van der Waals surface area contributed by atoms with E-state index in [2.05, 4.69) is 17.6 Å². The van der Waals surface area contributed by atoms with Crippen molar-refractivity contribution in [3.8, 4) is 0 Å². The quantitative estimate of drug-likeness (QED) is 0.608. The molecule has 13 heavy (non-hydrogen) atoms. The zero-order chi connectivity index (χ0) is 9.42.